The summed E-state index contributed by atoms with van der Waals surface area (Å²) >= 11 is 0. The summed E-state index contributed by atoms with van der Waals surface area (Å²) in [4.78, 5) is 0. The van der Waals surface area contributed by atoms with Crippen LogP contribution in [0.4, 0.5) is 0 Å². The van der Waals surface area contributed by atoms with Crippen molar-refractivity contribution in [1.29, 1.82) is 0 Å². The molecule has 0 spiro atoms. The average Bonchev–Trinajstić information content (AvgIpc) is 0. The maximum Gasteiger partial charge on any atom is 0.187 e. The molecule has 0 saturated heterocycles. The first-order chi connectivity index (χ1) is 0. The summed E-state index contributed by atoms with van der Waals surface area (Å²) in [6, 6.07) is 0. The summed E-state index contributed by atoms with van der Waals surface area (Å²) in [5.41, 5.74) is 0. The van der Waals surface area contributed by atoms with Crippen LogP contribution < -0.4 is 0 Å². The van der Waals surface area contributed by atoms with E-state index in [4.69, 9.17) is 0 Å². The van der Waals surface area contributed by atoms with Crippen molar-refractivity contribution < 1.29 is 31.7 Å². The molecule has 82 valence electrons. The molecule has 0 unspecified atom stereocenters. The van der Waals surface area contributed by atoms with E-state index in [1.807, 2.05) is 0 Å². The Morgan fingerprint density at radius 3 is 0.364 bits per heavy atom. The fourth-order valence-electron chi connectivity index (χ4n) is 0. The molecule has 0 aliphatic heterocycles. The van der Waals surface area contributed by atoms with E-state index >= 15 is 0 Å². The number of hydrogen-bond donors (Lipinski definition) is 0. The Bertz CT molecular complexity index is 14.1. The molecule has 0 heterocycles. The zero-order valence-electron chi connectivity index (χ0n) is 4.27. The van der Waals surface area contributed by atoms with Crippen LogP contribution in [-0.2, 0) is 26.2 Å². The predicted octanol–water partition coefficient (Wildman–Crippen LogP) is 1.36. The van der Waals surface area contributed by atoms with Gasteiger partial charge in [0, 0.05) is 26.2 Å². The minimum atomic E-state index is 0. The van der Waals surface area contributed by atoms with E-state index in [2.05, 4.69) is 0 Å². The van der Waals surface area contributed by atoms with Gasteiger partial charge in [0.1, 0.15) is 0 Å². The second-order valence-corrected chi connectivity index (χ2v) is 0. The van der Waals surface area contributed by atoms with E-state index in [0.29, 0.717) is 0 Å². The molecule has 0 aromatic carbocycles. The molecule has 0 amide bonds. The van der Waals surface area contributed by atoms with Crippen molar-refractivity contribution in [3.05, 3.63) is 0 Å². The van der Waals surface area contributed by atoms with Crippen molar-refractivity contribution in [2.24, 2.45) is 0 Å². The Labute approximate surface area is 146 Å². The standard InChI is InChI=1S/Al.8ClH.H2O.Zr.3H/h;8*1H;1H2;;;;. The second-order valence-electron chi connectivity index (χ2n) is 0. The summed E-state index contributed by atoms with van der Waals surface area (Å²) in [6.07, 6.45) is 0. The van der Waals surface area contributed by atoms with Gasteiger partial charge in [0.2, 0.25) is 0 Å². The fraction of sp³-hybridized carbons (Fsp3) is 0. The van der Waals surface area contributed by atoms with Gasteiger partial charge in [0.05, 0.1) is 0 Å². The maximum absolute atomic E-state index is 0. The largest absolute Gasteiger partial charge is 0.412 e. The van der Waals surface area contributed by atoms with Gasteiger partial charge in [-0.3, -0.25) is 0 Å². The van der Waals surface area contributed by atoms with Gasteiger partial charge in [-0.15, -0.1) is 99.3 Å². The van der Waals surface area contributed by atoms with Crippen LogP contribution in [0.25, 0.3) is 0 Å². The molecular weight excluding hydrogens is 418 g/mol. The minimum Gasteiger partial charge on any atom is -0.412 e. The summed E-state index contributed by atoms with van der Waals surface area (Å²) in [5.74, 6) is 0. The van der Waals surface area contributed by atoms with E-state index in [0.717, 1.165) is 0 Å². The van der Waals surface area contributed by atoms with Crippen molar-refractivity contribution in [3.8, 4) is 0 Å². The van der Waals surface area contributed by atoms with Gasteiger partial charge in [0.25, 0.3) is 0 Å². The summed E-state index contributed by atoms with van der Waals surface area (Å²) in [6.45, 7) is 0. The van der Waals surface area contributed by atoms with E-state index in [1.54, 1.807) is 0 Å². The first kappa shape index (κ1) is 202. The summed E-state index contributed by atoms with van der Waals surface area (Å²) < 4.78 is 0. The molecule has 0 radical (unpaired) electrons. The van der Waals surface area contributed by atoms with Crippen LogP contribution in [0.5, 0.6) is 0 Å². The molecule has 0 bridgehead atoms. The molecule has 11 heavy (non-hydrogen) atoms. The smallest absolute Gasteiger partial charge is 0.187 e. The second kappa shape index (κ2) is 162. The van der Waals surface area contributed by atoms with E-state index in [-0.39, 0.29) is 148 Å². The summed E-state index contributed by atoms with van der Waals surface area (Å²) in [5, 5.41) is 0. The van der Waals surface area contributed by atoms with Crippen molar-refractivity contribution >= 4 is 117 Å². The predicted molar refractivity (Wildman–Crippen MR) is 71.5 cm³/mol. The molecule has 0 rings (SSSR count). The van der Waals surface area contributed by atoms with Crippen LogP contribution in [0.3, 0.4) is 0 Å². The summed E-state index contributed by atoms with van der Waals surface area (Å²) in [7, 11) is 0. The topological polar surface area (TPSA) is 31.5 Å². The quantitative estimate of drug-likeness (QED) is 0.520. The third-order valence-corrected chi connectivity index (χ3v) is 0. The number of halogens is 8. The normalized spacial score (nSPS) is 0. The molecule has 0 aromatic heterocycles. The van der Waals surface area contributed by atoms with Crippen LogP contribution in [0.15, 0.2) is 0 Å². The van der Waals surface area contributed by atoms with Gasteiger partial charge in [-0.2, -0.15) is 0 Å². The number of rotatable bonds is 0. The van der Waals surface area contributed by atoms with Gasteiger partial charge in [-0.1, -0.05) is 0 Å². The van der Waals surface area contributed by atoms with Crippen LogP contribution in [0.2, 0.25) is 0 Å². The Kier molecular flexibility index (Phi) is 2970. The van der Waals surface area contributed by atoms with E-state index in [1.165, 1.54) is 0 Å². The Morgan fingerprint density at radius 1 is 0.364 bits per heavy atom. The van der Waals surface area contributed by atoms with Crippen LogP contribution in [-0.4, -0.2) is 22.8 Å². The molecule has 0 atom stereocenters. The molecule has 0 saturated carbocycles. The maximum atomic E-state index is 0. The average molecular weight is 431 g/mol. The van der Waals surface area contributed by atoms with Gasteiger partial charge in [-0.25, -0.2) is 0 Å². The molecular formula is H13AlCl8OZr. The molecule has 0 aromatic rings. The molecule has 0 aliphatic carbocycles. The Balaban J connectivity index is 0. The van der Waals surface area contributed by atoms with Crippen molar-refractivity contribution in [1.82, 2.24) is 0 Å². The molecule has 1 nitrogen and oxygen atoms in total. The van der Waals surface area contributed by atoms with Gasteiger partial charge >= 0.3 is 0 Å². The third kappa shape index (κ3) is 137. The molecule has 0 fully saturated rings. The molecule has 0 aliphatic rings. The first-order valence-corrected chi connectivity index (χ1v) is 0. The molecule has 2 N–H and O–H groups in total. The first-order valence-electron chi connectivity index (χ1n) is 0. The van der Waals surface area contributed by atoms with Gasteiger partial charge < -0.3 is 5.48 Å². The van der Waals surface area contributed by atoms with Crippen LogP contribution in [0.1, 0.15) is 0 Å². The van der Waals surface area contributed by atoms with Gasteiger partial charge in [-0.05, 0) is 0 Å². The van der Waals surface area contributed by atoms with Gasteiger partial charge in [0.15, 0.2) is 17.4 Å². The van der Waals surface area contributed by atoms with Crippen molar-refractivity contribution in [3.63, 3.8) is 0 Å². The van der Waals surface area contributed by atoms with Crippen molar-refractivity contribution in [2.75, 3.05) is 0 Å². The van der Waals surface area contributed by atoms with E-state index in [9.17, 15) is 0 Å². The van der Waals surface area contributed by atoms with Crippen LogP contribution >= 0.6 is 99.3 Å². The monoisotopic (exact) mass is 426 g/mol. The Hall–Kier alpha value is 3.70. The zero-order chi connectivity index (χ0) is 0. The third-order valence-electron chi connectivity index (χ3n) is 0. The zero-order valence-corrected chi connectivity index (χ0v) is 13.3. The molecule has 11 heteroatoms. The Morgan fingerprint density at radius 2 is 0.364 bits per heavy atom. The number of hydrogen-bond acceptors (Lipinski definition) is 0. The fourth-order valence-corrected chi connectivity index (χ4v) is 0. The van der Waals surface area contributed by atoms with E-state index < -0.39 is 0 Å². The van der Waals surface area contributed by atoms with Crippen molar-refractivity contribution in [2.45, 2.75) is 0 Å². The van der Waals surface area contributed by atoms with Crippen LogP contribution in [0, 0.1) is 0 Å². The minimum absolute atomic E-state index is 0. The SMILES string of the molecule is Cl.Cl.Cl.Cl.Cl.Cl.Cl.Cl.O.[AlH3].[Zr].